The van der Waals surface area contributed by atoms with Crippen LogP contribution < -0.4 is 5.32 Å². The molecule has 70 heavy (non-hydrogen) atoms. The van der Waals surface area contributed by atoms with Crippen molar-refractivity contribution in [2.45, 2.75) is 373 Å². The third kappa shape index (κ3) is 55.9. The van der Waals surface area contributed by atoms with E-state index in [1.54, 1.807) is 6.08 Å². The highest BCUT2D eigenvalue weighted by Crippen LogP contribution is 2.18. The van der Waals surface area contributed by atoms with Crippen molar-refractivity contribution in [1.82, 2.24) is 5.32 Å². The lowest BCUT2D eigenvalue weighted by Gasteiger charge is -2.20. The van der Waals surface area contributed by atoms with Crippen LogP contribution in [0.15, 0.2) is 12.2 Å². The van der Waals surface area contributed by atoms with Crippen LogP contribution in [0.1, 0.15) is 361 Å². The van der Waals surface area contributed by atoms with Crippen LogP contribution in [-0.4, -0.2) is 47.4 Å². The minimum absolute atomic E-state index is 0.0163. The standard InChI is InChI=1S/C64H125NO5/c1-3-5-7-9-11-13-15-17-18-27-30-33-36-40-44-48-52-56-62(67)61(60-66)65-63(68)57-53-49-45-41-37-34-31-28-25-23-21-19-20-22-24-26-29-32-35-39-43-47-51-55-59-70-64(69)58-54-50-46-42-38-16-14-12-10-8-6-4-2/h52,56,61-62,66-67H,3-51,53-55,57-60H2,1-2H3,(H,65,68)/b56-52+. The summed E-state index contributed by atoms with van der Waals surface area (Å²) in [7, 11) is 0. The molecule has 0 heterocycles. The molecule has 1 amide bonds. The minimum atomic E-state index is -0.843. The Hall–Kier alpha value is -1.40. The van der Waals surface area contributed by atoms with Gasteiger partial charge < -0.3 is 20.3 Å². The Bertz CT molecular complexity index is 1050. The summed E-state index contributed by atoms with van der Waals surface area (Å²) in [5.41, 5.74) is 0. The van der Waals surface area contributed by atoms with Crippen molar-refractivity contribution >= 4 is 11.9 Å². The molecule has 0 aliphatic rings. The number of aliphatic hydroxyl groups is 2. The molecule has 0 saturated heterocycles. The van der Waals surface area contributed by atoms with Crippen molar-refractivity contribution < 1.29 is 24.5 Å². The summed E-state index contributed by atoms with van der Waals surface area (Å²) in [6, 6.07) is -0.626. The van der Waals surface area contributed by atoms with Crippen LogP contribution >= 0.6 is 0 Å². The first-order valence-corrected chi connectivity index (χ1v) is 32.0. The van der Waals surface area contributed by atoms with E-state index in [1.807, 2.05) is 6.08 Å². The highest BCUT2D eigenvalue weighted by atomic mass is 16.5. The summed E-state index contributed by atoms with van der Waals surface area (Å²) >= 11 is 0. The van der Waals surface area contributed by atoms with Gasteiger partial charge in [0.15, 0.2) is 0 Å². The first-order chi connectivity index (χ1) is 34.5. The summed E-state index contributed by atoms with van der Waals surface area (Å²) in [5.74, 6) is -0.0474. The topological polar surface area (TPSA) is 95.9 Å². The van der Waals surface area contributed by atoms with Gasteiger partial charge in [-0.15, -0.1) is 0 Å². The van der Waals surface area contributed by atoms with E-state index in [4.69, 9.17) is 4.74 Å². The molecule has 6 heteroatoms. The van der Waals surface area contributed by atoms with Gasteiger partial charge in [0.05, 0.1) is 25.4 Å². The molecular formula is C64H125NO5. The Morgan fingerprint density at radius 2 is 0.657 bits per heavy atom. The number of aliphatic hydroxyl groups excluding tert-OH is 2. The van der Waals surface area contributed by atoms with Gasteiger partial charge >= 0.3 is 5.97 Å². The maximum Gasteiger partial charge on any atom is 0.305 e. The van der Waals surface area contributed by atoms with E-state index in [9.17, 15) is 19.8 Å². The van der Waals surface area contributed by atoms with Gasteiger partial charge in [-0.1, -0.05) is 328 Å². The van der Waals surface area contributed by atoms with Crippen molar-refractivity contribution in [3.63, 3.8) is 0 Å². The Morgan fingerprint density at radius 1 is 0.386 bits per heavy atom. The van der Waals surface area contributed by atoms with Crippen molar-refractivity contribution in [1.29, 1.82) is 0 Å². The van der Waals surface area contributed by atoms with Gasteiger partial charge in [-0.3, -0.25) is 9.59 Å². The quantitative estimate of drug-likeness (QED) is 0.0321. The number of allylic oxidation sites excluding steroid dienone is 1. The van der Waals surface area contributed by atoms with Crippen LogP contribution in [0.25, 0.3) is 0 Å². The van der Waals surface area contributed by atoms with Crippen molar-refractivity contribution in [3.05, 3.63) is 12.2 Å². The van der Waals surface area contributed by atoms with E-state index in [1.165, 1.54) is 295 Å². The lowest BCUT2D eigenvalue weighted by atomic mass is 10.0. The molecule has 0 aliphatic carbocycles. The molecule has 0 saturated carbocycles. The van der Waals surface area contributed by atoms with Gasteiger partial charge in [0.25, 0.3) is 0 Å². The average Bonchev–Trinajstić information content (AvgIpc) is 3.36. The summed E-state index contributed by atoms with van der Waals surface area (Å²) < 4.78 is 5.48. The van der Waals surface area contributed by atoms with E-state index in [2.05, 4.69) is 19.2 Å². The van der Waals surface area contributed by atoms with E-state index in [-0.39, 0.29) is 18.5 Å². The third-order valence-corrected chi connectivity index (χ3v) is 15.1. The van der Waals surface area contributed by atoms with Gasteiger partial charge in [0.2, 0.25) is 5.91 Å². The molecule has 0 aliphatic heterocycles. The van der Waals surface area contributed by atoms with Crippen molar-refractivity contribution in [2.75, 3.05) is 13.2 Å². The monoisotopic (exact) mass is 988 g/mol. The highest BCUT2D eigenvalue weighted by molar-refractivity contribution is 5.76. The lowest BCUT2D eigenvalue weighted by Crippen LogP contribution is -2.45. The third-order valence-electron chi connectivity index (χ3n) is 15.1. The molecule has 0 aromatic heterocycles. The van der Waals surface area contributed by atoms with Gasteiger partial charge in [0.1, 0.15) is 0 Å². The molecule has 3 N–H and O–H groups in total. The smallest absolute Gasteiger partial charge is 0.305 e. The van der Waals surface area contributed by atoms with Crippen LogP contribution in [-0.2, 0) is 14.3 Å². The number of carbonyl (C=O) groups excluding carboxylic acids is 2. The van der Waals surface area contributed by atoms with Gasteiger partial charge in [0, 0.05) is 12.8 Å². The number of carbonyl (C=O) groups is 2. The number of esters is 1. The number of hydrogen-bond acceptors (Lipinski definition) is 5. The number of nitrogens with one attached hydrogen (secondary N) is 1. The molecule has 6 nitrogen and oxygen atoms in total. The van der Waals surface area contributed by atoms with Gasteiger partial charge in [-0.25, -0.2) is 0 Å². The molecule has 0 radical (unpaired) electrons. The SMILES string of the molecule is CCCCCCCCCCCCCCCCC/C=C/C(O)C(CO)NC(=O)CCCCCCCCCCCCCCCCCCCCCCCCCCOC(=O)CCCCCCCCCCCCCC. The lowest BCUT2D eigenvalue weighted by molar-refractivity contribution is -0.143. The first-order valence-electron chi connectivity index (χ1n) is 32.0. The number of rotatable bonds is 60. The second-order valence-electron chi connectivity index (χ2n) is 22.1. The fourth-order valence-corrected chi connectivity index (χ4v) is 10.2. The number of unbranched alkanes of at least 4 members (excludes halogenated alkanes) is 49. The van der Waals surface area contributed by atoms with Crippen LogP contribution in [0.4, 0.5) is 0 Å². The van der Waals surface area contributed by atoms with Crippen LogP contribution in [0.3, 0.4) is 0 Å². The fourth-order valence-electron chi connectivity index (χ4n) is 10.2. The van der Waals surface area contributed by atoms with E-state index < -0.39 is 12.1 Å². The van der Waals surface area contributed by atoms with Crippen LogP contribution in [0.5, 0.6) is 0 Å². The first kappa shape index (κ1) is 68.6. The summed E-state index contributed by atoms with van der Waals surface area (Å²) in [5, 5.41) is 23.2. The predicted octanol–water partition coefficient (Wildman–Crippen LogP) is 20.0. The molecule has 0 spiro atoms. The van der Waals surface area contributed by atoms with Crippen molar-refractivity contribution in [3.8, 4) is 0 Å². The molecular weight excluding hydrogens is 863 g/mol. The number of ether oxygens (including phenoxy) is 1. The maximum absolute atomic E-state index is 12.5. The summed E-state index contributed by atoms with van der Waals surface area (Å²) in [6.07, 6.45) is 72.6. The van der Waals surface area contributed by atoms with E-state index in [0.29, 0.717) is 19.4 Å². The largest absolute Gasteiger partial charge is 0.466 e. The van der Waals surface area contributed by atoms with Gasteiger partial charge in [-0.05, 0) is 32.1 Å². The Kier molecular flexibility index (Phi) is 59.0. The zero-order valence-electron chi connectivity index (χ0n) is 47.5. The second-order valence-corrected chi connectivity index (χ2v) is 22.1. The highest BCUT2D eigenvalue weighted by Gasteiger charge is 2.18. The zero-order valence-corrected chi connectivity index (χ0v) is 47.5. The Balaban J connectivity index is 3.38. The molecule has 0 bridgehead atoms. The molecule has 2 unspecified atom stereocenters. The molecule has 0 aromatic rings. The molecule has 2 atom stereocenters. The fraction of sp³-hybridized carbons (Fsp3) is 0.938. The summed E-state index contributed by atoms with van der Waals surface area (Å²) in [4.78, 5) is 24.5. The van der Waals surface area contributed by atoms with Gasteiger partial charge in [-0.2, -0.15) is 0 Å². The van der Waals surface area contributed by atoms with E-state index >= 15 is 0 Å². The van der Waals surface area contributed by atoms with E-state index in [0.717, 1.165) is 38.5 Å². The molecule has 0 aromatic carbocycles. The average molecular weight is 989 g/mol. The maximum atomic E-state index is 12.5. The second kappa shape index (κ2) is 60.2. The molecule has 0 rings (SSSR count). The molecule has 0 fully saturated rings. The normalized spacial score (nSPS) is 12.6. The zero-order chi connectivity index (χ0) is 50.7. The van der Waals surface area contributed by atoms with Crippen LogP contribution in [0, 0.1) is 0 Å². The van der Waals surface area contributed by atoms with Crippen molar-refractivity contribution in [2.24, 2.45) is 0 Å². The predicted molar refractivity (Wildman–Crippen MR) is 306 cm³/mol. The summed E-state index contributed by atoms with van der Waals surface area (Å²) in [6.45, 7) is 4.93. The Morgan fingerprint density at radius 3 is 0.971 bits per heavy atom. The number of amides is 1. The number of hydrogen-bond donors (Lipinski definition) is 3. The minimum Gasteiger partial charge on any atom is -0.466 e. The molecule has 416 valence electrons. The van der Waals surface area contributed by atoms with Crippen LogP contribution in [0.2, 0.25) is 0 Å². The Labute approximate surface area is 438 Å².